The van der Waals surface area contributed by atoms with Crippen molar-refractivity contribution in [1.82, 2.24) is 10.1 Å². The second-order valence-corrected chi connectivity index (χ2v) is 6.41. The number of hydrogen-bond acceptors (Lipinski definition) is 6. The van der Waals surface area contributed by atoms with Crippen molar-refractivity contribution in [3.05, 3.63) is 35.5 Å². The Morgan fingerprint density at radius 2 is 2.04 bits per heavy atom. The number of rotatable bonds is 7. The minimum Gasteiger partial charge on any atom is -0.493 e. The molecule has 1 fully saturated rings. The molecule has 3 rings (SSSR count). The number of nitrogens with two attached hydrogens (primary N) is 1. The van der Waals surface area contributed by atoms with Gasteiger partial charge in [0.15, 0.2) is 17.3 Å². The van der Waals surface area contributed by atoms with Gasteiger partial charge in [-0.15, -0.1) is 0 Å². The molecule has 2 aromatic rings. The third kappa shape index (κ3) is 4.02. The molecule has 0 atom stereocenters. The first-order chi connectivity index (χ1) is 12.1. The van der Waals surface area contributed by atoms with Gasteiger partial charge in [0.25, 0.3) is 5.89 Å². The maximum Gasteiger partial charge on any atom is 0.250 e. The lowest BCUT2D eigenvalue weighted by molar-refractivity contribution is 0.294. The van der Waals surface area contributed by atoms with Crippen molar-refractivity contribution in [2.75, 3.05) is 13.7 Å². The molecule has 0 radical (unpaired) electrons. The minimum absolute atomic E-state index is 0.433. The largest absolute Gasteiger partial charge is 0.493 e. The van der Waals surface area contributed by atoms with E-state index in [2.05, 4.69) is 17.1 Å². The van der Waals surface area contributed by atoms with E-state index >= 15 is 0 Å². The van der Waals surface area contributed by atoms with Crippen LogP contribution in [0, 0.1) is 0 Å². The third-order valence-electron chi connectivity index (χ3n) is 4.45. The molecular weight excluding hydrogens is 318 g/mol. The molecular formula is C19H25N3O3. The van der Waals surface area contributed by atoms with E-state index in [1.807, 2.05) is 24.3 Å². The predicted octanol–water partition coefficient (Wildman–Crippen LogP) is 3.77. The average Bonchev–Trinajstić information content (AvgIpc) is 3.28. The summed E-state index contributed by atoms with van der Waals surface area (Å²) in [7, 11) is 1.63. The van der Waals surface area contributed by atoms with Crippen LogP contribution in [0.2, 0.25) is 0 Å². The number of ether oxygens (including phenoxy) is 2. The molecule has 2 N–H and O–H groups in total. The molecule has 6 heteroatoms. The quantitative estimate of drug-likeness (QED) is 0.824. The summed E-state index contributed by atoms with van der Waals surface area (Å²) in [6, 6.07) is 5.78. The van der Waals surface area contributed by atoms with Gasteiger partial charge in [-0.2, -0.15) is 4.98 Å². The van der Waals surface area contributed by atoms with E-state index in [1.165, 1.54) is 0 Å². The fourth-order valence-corrected chi connectivity index (χ4v) is 3.02. The summed E-state index contributed by atoms with van der Waals surface area (Å²) < 4.78 is 16.4. The smallest absolute Gasteiger partial charge is 0.250 e. The van der Waals surface area contributed by atoms with Gasteiger partial charge in [0, 0.05) is 6.08 Å². The zero-order valence-corrected chi connectivity index (χ0v) is 14.8. The Morgan fingerprint density at radius 3 is 2.76 bits per heavy atom. The highest BCUT2D eigenvalue weighted by molar-refractivity contribution is 5.67. The molecule has 0 saturated heterocycles. The van der Waals surface area contributed by atoms with Crippen molar-refractivity contribution < 1.29 is 14.0 Å². The van der Waals surface area contributed by atoms with Crippen molar-refractivity contribution in [2.24, 2.45) is 5.73 Å². The van der Waals surface area contributed by atoms with E-state index < -0.39 is 5.54 Å². The first-order valence-electron chi connectivity index (χ1n) is 8.76. The van der Waals surface area contributed by atoms with Crippen LogP contribution in [0.1, 0.15) is 56.3 Å². The highest BCUT2D eigenvalue weighted by atomic mass is 16.5. The lowest BCUT2D eigenvalue weighted by Crippen LogP contribution is -2.34. The van der Waals surface area contributed by atoms with E-state index in [0.717, 1.165) is 43.4 Å². The zero-order chi connectivity index (χ0) is 17.7. The van der Waals surface area contributed by atoms with Gasteiger partial charge in [-0.1, -0.05) is 31.0 Å². The number of benzene rings is 1. The Labute approximate surface area is 148 Å². The van der Waals surface area contributed by atoms with E-state index in [-0.39, 0.29) is 0 Å². The van der Waals surface area contributed by atoms with Gasteiger partial charge in [0.2, 0.25) is 0 Å². The lowest BCUT2D eigenvalue weighted by atomic mass is 9.99. The standard InChI is InChI=1S/C19H25N3O3/c1-3-12-24-15-8-6-14(13-16(15)23-2)7-9-17-21-18(22-25-17)19(20)10-4-5-11-19/h6-9,13H,3-5,10-12,20H2,1-2H3/b9-7+. The van der Waals surface area contributed by atoms with Crippen molar-refractivity contribution in [3.63, 3.8) is 0 Å². The van der Waals surface area contributed by atoms with Crippen LogP contribution >= 0.6 is 0 Å². The molecule has 1 aliphatic rings. The van der Waals surface area contributed by atoms with Crippen LogP contribution in [0.3, 0.4) is 0 Å². The molecule has 0 bridgehead atoms. The summed E-state index contributed by atoms with van der Waals surface area (Å²) in [5.41, 5.74) is 6.88. The van der Waals surface area contributed by atoms with E-state index in [0.29, 0.717) is 24.1 Å². The fourth-order valence-electron chi connectivity index (χ4n) is 3.02. The summed E-state index contributed by atoms with van der Waals surface area (Å²) in [5, 5.41) is 4.06. The van der Waals surface area contributed by atoms with E-state index in [9.17, 15) is 0 Å². The molecule has 1 saturated carbocycles. The van der Waals surface area contributed by atoms with Gasteiger partial charge in [0.1, 0.15) is 0 Å². The topological polar surface area (TPSA) is 83.4 Å². The molecule has 0 aliphatic heterocycles. The van der Waals surface area contributed by atoms with Crippen molar-refractivity contribution >= 4 is 12.2 Å². The number of aromatic nitrogens is 2. The Hall–Kier alpha value is -2.34. The van der Waals surface area contributed by atoms with Gasteiger partial charge in [0.05, 0.1) is 19.3 Å². The zero-order valence-electron chi connectivity index (χ0n) is 14.8. The monoisotopic (exact) mass is 343 g/mol. The van der Waals surface area contributed by atoms with Crippen molar-refractivity contribution in [3.8, 4) is 11.5 Å². The molecule has 6 nitrogen and oxygen atoms in total. The summed E-state index contributed by atoms with van der Waals surface area (Å²) >= 11 is 0. The molecule has 25 heavy (non-hydrogen) atoms. The van der Waals surface area contributed by atoms with Crippen LogP contribution in [-0.4, -0.2) is 23.9 Å². The lowest BCUT2D eigenvalue weighted by Gasteiger charge is -2.17. The third-order valence-corrected chi connectivity index (χ3v) is 4.45. The minimum atomic E-state index is -0.433. The summed E-state index contributed by atoms with van der Waals surface area (Å²) in [6.45, 7) is 2.73. The Morgan fingerprint density at radius 1 is 1.24 bits per heavy atom. The molecule has 1 aromatic heterocycles. The number of methoxy groups -OCH3 is 1. The van der Waals surface area contributed by atoms with Crippen LogP contribution in [-0.2, 0) is 5.54 Å². The molecule has 1 aromatic carbocycles. The van der Waals surface area contributed by atoms with Gasteiger partial charge >= 0.3 is 0 Å². The molecule has 0 spiro atoms. The predicted molar refractivity (Wildman–Crippen MR) is 96.3 cm³/mol. The number of hydrogen-bond donors (Lipinski definition) is 1. The van der Waals surface area contributed by atoms with Crippen LogP contribution in [0.4, 0.5) is 0 Å². The van der Waals surface area contributed by atoms with Crippen LogP contribution in [0.15, 0.2) is 22.7 Å². The van der Waals surface area contributed by atoms with Gasteiger partial charge in [-0.3, -0.25) is 0 Å². The van der Waals surface area contributed by atoms with Crippen LogP contribution < -0.4 is 15.2 Å². The first-order valence-corrected chi connectivity index (χ1v) is 8.76. The molecule has 1 aliphatic carbocycles. The molecule has 0 amide bonds. The van der Waals surface area contributed by atoms with Crippen LogP contribution in [0.5, 0.6) is 11.5 Å². The van der Waals surface area contributed by atoms with Crippen LogP contribution in [0.25, 0.3) is 12.2 Å². The maximum absolute atomic E-state index is 6.36. The Bertz CT molecular complexity index is 733. The fraction of sp³-hybridized carbons (Fsp3) is 0.474. The van der Waals surface area contributed by atoms with Gasteiger partial charge in [-0.05, 0) is 43.0 Å². The molecule has 134 valence electrons. The summed E-state index contributed by atoms with van der Waals surface area (Å²) in [6.07, 6.45) is 8.69. The Balaban J connectivity index is 1.72. The normalized spacial score (nSPS) is 16.4. The van der Waals surface area contributed by atoms with E-state index in [1.54, 1.807) is 13.2 Å². The first kappa shape index (κ1) is 17.5. The highest BCUT2D eigenvalue weighted by Gasteiger charge is 2.35. The second-order valence-electron chi connectivity index (χ2n) is 6.41. The summed E-state index contributed by atoms with van der Waals surface area (Å²) in [5.74, 6) is 2.50. The Kier molecular flexibility index (Phi) is 5.38. The van der Waals surface area contributed by atoms with Gasteiger partial charge < -0.3 is 19.7 Å². The second kappa shape index (κ2) is 7.70. The highest BCUT2D eigenvalue weighted by Crippen LogP contribution is 2.34. The molecule has 1 heterocycles. The SMILES string of the molecule is CCCOc1ccc(/C=C/c2nc(C3(N)CCCC3)no2)cc1OC. The van der Waals surface area contributed by atoms with E-state index in [4.69, 9.17) is 19.7 Å². The summed E-state index contributed by atoms with van der Waals surface area (Å²) in [4.78, 5) is 4.43. The number of nitrogens with zero attached hydrogens (tertiary/aromatic N) is 2. The van der Waals surface area contributed by atoms with Gasteiger partial charge in [-0.25, -0.2) is 0 Å². The van der Waals surface area contributed by atoms with Crippen molar-refractivity contribution in [1.29, 1.82) is 0 Å². The molecule has 0 unspecified atom stereocenters. The average molecular weight is 343 g/mol. The van der Waals surface area contributed by atoms with Crippen molar-refractivity contribution in [2.45, 2.75) is 44.6 Å². The maximum atomic E-state index is 6.36.